The van der Waals surface area contributed by atoms with E-state index in [-0.39, 0.29) is 30.3 Å². The van der Waals surface area contributed by atoms with Crippen molar-refractivity contribution in [3.8, 4) is 0 Å². The summed E-state index contributed by atoms with van der Waals surface area (Å²) in [5.74, 6) is -1.52. The lowest BCUT2D eigenvalue weighted by molar-refractivity contribution is -0.122. The molecule has 7 heteroatoms. The van der Waals surface area contributed by atoms with Crippen LogP contribution in [0.15, 0.2) is 42.5 Å². The van der Waals surface area contributed by atoms with Crippen LogP contribution < -0.4 is 10.2 Å². The van der Waals surface area contributed by atoms with Gasteiger partial charge in [-0.15, -0.1) is 0 Å². The predicted octanol–water partition coefficient (Wildman–Crippen LogP) is 3.43. The highest BCUT2D eigenvalue weighted by molar-refractivity contribution is 6.31. The number of nitrogens with zero attached hydrogens (tertiary/aromatic N) is 1. The molecule has 1 aliphatic heterocycles. The predicted molar refractivity (Wildman–Crippen MR) is 103 cm³/mol. The van der Waals surface area contributed by atoms with Crippen molar-refractivity contribution in [1.82, 2.24) is 0 Å². The van der Waals surface area contributed by atoms with Crippen LogP contribution in [-0.4, -0.2) is 31.4 Å². The van der Waals surface area contributed by atoms with Gasteiger partial charge in [0.15, 0.2) is 0 Å². The molecule has 1 atom stereocenters. The Kier molecular flexibility index (Phi) is 5.46. The summed E-state index contributed by atoms with van der Waals surface area (Å²) in [6.45, 7) is 2.14. The van der Waals surface area contributed by atoms with E-state index in [2.05, 4.69) is 5.32 Å². The van der Waals surface area contributed by atoms with Crippen LogP contribution in [0.3, 0.4) is 0 Å². The molecule has 140 valence electrons. The second-order valence-electron chi connectivity index (χ2n) is 6.36. The summed E-state index contributed by atoms with van der Waals surface area (Å²) in [4.78, 5) is 38.6. The Hall–Kier alpha value is -2.86. The van der Waals surface area contributed by atoms with Gasteiger partial charge in [0.1, 0.15) is 0 Å². The Morgan fingerprint density at radius 2 is 1.96 bits per heavy atom. The fraction of sp³-hybridized carbons (Fsp3) is 0.250. The summed E-state index contributed by atoms with van der Waals surface area (Å²) in [7, 11) is 1.28. The van der Waals surface area contributed by atoms with Crippen molar-refractivity contribution < 1.29 is 19.1 Å². The van der Waals surface area contributed by atoms with Crippen molar-refractivity contribution in [2.24, 2.45) is 5.92 Å². The largest absolute Gasteiger partial charge is 0.465 e. The second kappa shape index (κ2) is 7.80. The van der Waals surface area contributed by atoms with Crippen molar-refractivity contribution in [2.45, 2.75) is 13.3 Å². The van der Waals surface area contributed by atoms with Crippen molar-refractivity contribution in [2.75, 3.05) is 23.9 Å². The van der Waals surface area contributed by atoms with Gasteiger partial charge in [-0.2, -0.15) is 0 Å². The molecule has 0 aliphatic carbocycles. The van der Waals surface area contributed by atoms with Crippen LogP contribution >= 0.6 is 11.6 Å². The Bertz CT molecular complexity index is 913. The molecule has 1 N–H and O–H groups in total. The third kappa shape index (κ3) is 3.95. The molecular formula is C20H19ClN2O4. The molecule has 2 aromatic carbocycles. The molecular weight excluding hydrogens is 368 g/mol. The Morgan fingerprint density at radius 1 is 1.22 bits per heavy atom. The number of anilines is 2. The number of para-hydroxylation sites is 1. The number of nitrogens with one attached hydrogen (secondary N) is 1. The Morgan fingerprint density at radius 3 is 2.70 bits per heavy atom. The first-order chi connectivity index (χ1) is 12.9. The smallest absolute Gasteiger partial charge is 0.339 e. The van der Waals surface area contributed by atoms with Gasteiger partial charge < -0.3 is 15.0 Å². The zero-order valence-electron chi connectivity index (χ0n) is 15.0. The molecule has 0 radical (unpaired) electrons. The number of benzene rings is 2. The Balaban J connectivity index is 1.77. The van der Waals surface area contributed by atoms with Gasteiger partial charge >= 0.3 is 5.97 Å². The average Bonchev–Trinajstić information content (AvgIpc) is 3.05. The molecule has 1 aliphatic rings. The topological polar surface area (TPSA) is 75.7 Å². The van der Waals surface area contributed by atoms with Crippen molar-refractivity contribution in [3.05, 3.63) is 58.6 Å². The highest BCUT2D eigenvalue weighted by Gasteiger charge is 2.36. The number of methoxy groups -OCH3 is 1. The summed E-state index contributed by atoms with van der Waals surface area (Å²) in [6, 6.07) is 11.9. The van der Waals surface area contributed by atoms with Crippen LogP contribution in [0.5, 0.6) is 0 Å². The number of halogens is 1. The van der Waals surface area contributed by atoms with Gasteiger partial charge in [-0.25, -0.2) is 4.79 Å². The number of esters is 1. The summed E-state index contributed by atoms with van der Waals surface area (Å²) < 4.78 is 4.74. The van der Waals surface area contributed by atoms with Crippen LogP contribution in [0, 0.1) is 12.8 Å². The van der Waals surface area contributed by atoms with E-state index in [0.29, 0.717) is 16.4 Å². The summed E-state index contributed by atoms with van der Waals surface area (Å²) in [5.41, 5.74) is 2.24. The minimum absolute atomic E-state index is 0.0954. The van der Waals surface area contributed by atoms with E-state index in [1.54, 1.807) is 41.3 Å². The quantitative estimate of drug-likeness (QED) is 0.817. The third-order valence-corrected chi connectivity index (χ3v) is 4.78. The first-order valence-electron chi connectivity index (χ1n) is 8.45. The molecule has 6 nitrogen and oxygen atoms in total. The fourth-order valence-corrected chi connectivity index (χ4v) is 3.27. The molecule has 2 amide bonds. The molecule has 0 spiro atoms. The van der Waals surface area contributed by atoms with Gasteiger partial charge in [0.25, 0.3) is 0 Å². The number of amides is 2. The minimum atomic E-state index is -0.537. The van der Waals surface area contributed by atoms with Gasteiger partial charge in [0.2, 0.25) is 11.8 Å². The zero-order valence-corrected chi connectivity index (χ0v) is 15.7. The average molecular weight is 387 g/mol. The van der Waals surface area contributed by atoms with E-state index < -0.39 is 11.9 Å². The van der Waals surface area contributed by atoms with E-state index in [9.17, 15) is 14.4 Å². The summed E-state index contributed by atoms with van der Waals surface area (Å²) >= 11 is 6.05. The maximum absolute atomic E-state index is 12.7. The molecule has 0 saturated carbocycles. The SMILES string of the molecule is COC(=O)c1ccccc1NC(=O)C1CC(=O)N(c2cc(Cl)ccc2C)C1. The van der Waals surface area contributed by atoms with Crippen molar-refractivity contribution in [3.63, 3.8) is 0 Å². The number of rotatable bonds is 4. The highest BCUT2D eigenvalue weighted by atomic mass is 35.5. The van der Waals surface area contributed by atoms with E-state index >= 15 is 0 Å². The molecule has 27 heavy (non-hydrogen) atoms. The summed E-state index contributed by atoms with van der Waals surface area (Å²) in [5, 5.41) is 3.27. The van der Waals surface area contributed by atoms with Crippen LogP contribution in [-0.2, 0) is 14.3 Å². The molecule has 1 unspecified atom stereocenters. The fourth-order valence-electron chi connectivity index (χ4n) is 3.10. The first kappa shape index (κ1) is 18.9. The summed E-state index contributed by atoms with van der Waals surface area (Å²) in [6.07, 6.45) is 0.0954. The Labute approximate surface area is 162 Å². The first-order valence-corrected chi connectivity index (χ1v) is 8.83. The van der Waals surface area contributed by atoms with E-state index in [1.807, 2.05) is 13.0 Å². The normalized spacial score (nSPS) is 16.3. The standard InChI is InChI=1S/C20H19ClN2O4/c1-12-7-8-14(21)10-17(12)23-11-13(9-18(23)24)19(25)22-16-6-4-3-5-15(16)20(26)27-2/h3-8,10,13H,9,11H2,1-2H3,(H,22,25). The highest BCUT2D eigenvalue weighted by Crippen LogP contribution is 2.31. The second-order valence-corrected chi connectivity index (χ2v) is 6.80. The van der Waals surface area contributed by atoms with Gasteiger partial charge in [-0.05, 0) is 36.8 Å². The molecule has 1 heterocycles. The van der Waals surface area contributed by atoms with Crippen molar-refractivity contribution in [1.29, 1.82) is 0 Å². The molecule has 0 bridgehead atoms. The van der Waals surface area contributed by atoms with Gasteiger partial charge in [0.05, 0.1) is 24.3 Å². The molecule has 3 rings (SSSR count). The lowest BCUT2D eigenvalue weighted by Gasteiger charge is -2.19. The van der Waals surface area contributed by atoms with E-state index in [4.69, 9.17) is 16.3 Å². The van der Waals surface area contributed by atoms with Gasteiger partial charge in [0, 0.05) is 23.7 Å². The number of ether oxygens (including phenoxy) is 1. The monoisotopic (exact) mass is 386 g/mol. The number of hydrogen-bond donors (Lipinski definition) is 1. The van der Waals surface area contributed by atoms with Crippen molar-refractivity contribution >= 4 is 40.8 Å². The number of carbonyl (C=O) groups excluding carboxylic acids is 3. The van der Waals surface area contributed by atoms with Crippen LogP contribution in [0.25, 0.3) is 0 Å². The van der Waals surface area contributed by atoms with Gasteiger partial charge in [-0.1, -0.05) is 29.8 Å². The van der Waals surface area contributed by atoms with Crippen LogP contribution in [0.4, 0.5) is 11.4 Å². The van der Waals surface area contributed by atoms with E-state index in [0.717, 1.165) is 5.56 Å². The molecule has 1 saturated heterocycles. The molecule has 2 aromatic rings. The molecule has 0 aromatic heterocycles. The number of hydrogen-bond acceptors (Lipinski definition) is 4. The maximum Gasteiger partial charge on any atom is 0.339 e. The molecule has 1 fully saturated rings. The lowest BCUT2D eigenvalue weighted by atomic mass is 10.1. The minimum Gasteiger partial charge on any atom is -0.465 e. The zero-order chi connectivity index (χ0) is 19.6. The van der Waals surface area contributed by atoms with E-state index in [1.165, 1.54) is 7.11 Å². The maximum atomic E-state index is 12.7. The third-order valence-electron chi connectivity index (χ3n) is 4.55. The lowest BCUT2D eigenvalue weighted by Crippen LogP contribution is -2.29. The van der Waals surface area contributed by atoms with Crippen LogP contribution in [0.2, 0.25) is 5.02 Å². The van der Waals surface area contributed by atoms with Crippen LogP contribution in [0.1, 0.15) is 22.3 Å². The number of aryl methyl sites for hydroxylation is 1. The van der Waals surface area contributed by atoms with Gasteiger partial charge in [-0.3, -0.25) is 9.59 Å². The number of carbonyl (C=O) groups is 3.